The Morgan fingerprint density at radius 2 is 1.83 bits per heavy atom. The van der Waals surface area contributed by atoms with Gasteiger partial charge >= 0.3 is 0 Å². The molecule has 32 valence electrons. The van der Waals surface area contributed by atoms with Gasteiger partial charge in [-0.3, -0.25) is 0 Å². The van der Waals surface area contributed by atoms with Crippen molar-refractivity contribution in [2.45, 2.75) is 20.3 Å². The molecule has 0 aliphatic heterocycles. The molecule has 0 aromatic carbocycles. The first-order valence-electron chi connectivity index (χ1n) is 2.21. The van der Waals surface area contributed by atoms with Gasteiger partial charge in [0.2, 0.25) is 0 Å². The minimum Gasteiger partial charge on any atom is -0.101 e. The van der Waals surface area contributed by atoms with Crippen molar-refractivity contribution in [1.82, 2.24) is 0 Å². The van der Waals surface area contributed by atoms with E-state index in [9.17, 15) is 0 Å². The van der Waals surface area contributed by atoms with Crippen LogP contribution < -0.4 is 0 Å². The monoisotopic (exact) mass is 80.1 g/mol. The minimum atomic E-state index is 0.361. The highest BCUT2D eigenvalue weighted by molar-refractivity contribution is 5.22. The van der Waals surface area contributed by atoms with Crippen LogP contribution in [0.25, 0.3) is 0 Å². The van der Waals surface area contributed by atoms with Crippen molar-refractivity contribution in [3.05, 3.63) is 0 Å². The quantitative estimate of drug-likeness (QED) is 0.386. The van der Waals surface area contributed by atoms with Crippen LogP contribution in [0.5, 0.6) is 0 Å². The van der Waals surface area contributed by atoms with E-state index >= 15 is 0 Å². The van der Waals surface area contributed by atoms with Crippen LogP contribution in [0.2, 0.25) is 0 Å². The second-order valence-electron chi connectivity index (χ2n) is 2.36. The molecule has 6 heavy (non-hydrogen) atoms. The van der Waals surface area contributed by atoms with Gasteiger partial charge in [0, 0.05) is 11.8 Å². The highest BCUT2D eigenvalue weighted by atomic mass is 14.2. The summed E-state index contributed by atoms with van der Waals surface area (Å²) in [4.78, 5) is 0. The van der Waals surface area contributed by atoms with Crippen molar-refractivity contribution in [1.29, 1.82) is 0 Å². The molecule has 0 aromatic rings. The van der Waals surface area contributed by atoms with E-state index in [1.807, 2.05) is 0 Å². The van der Waals surface area contributed by atoms with E-state index in [1.54, 1.807) is 0 Å². The van der Waals surface area contributed by atoms with Gasteiger partial charge in [-0.25, -0.2) is 0 Å². The van der Waals surface area contributed by atoms with Gasteiger partial charge < -0.3 is 0 Å². The maximum Gasteiger partial charge on any atom is 0.0367 e. The largest absolute Gasteiger partial charge is 0.101 e. The molecule has 0 radical (unpaired) electrons. The van der Waals surface area contributed by atoms with Crippen LogP contribution in [0.4, 0.5) is 0 Å². The van der Waals surface area contributed by atoms with Crippen molar-refractivity contribution in [3.63, 3.8) is 0 Å². The van der Waals surface area contributed by atoms with Crippen molar-refractivity contribution in [3.8, 4) is 11.8 Å². The summed E-state index contributed by atoms with van der Waals surface area (Å²) in [5, 5.41) is 0. The van der Waals surface area contributed by atoms with Gasteiger partial charge in [-0.05, 0) is 13.8 Å². The molecule has 0 spiro atoms. The number of hydrogen-bond donors (Lipinski definition) is 0. The molecule has 1 rings (SSSR count). The molecule has 0 unspecified atom stereocenters. The average molecular weight is 80.1 g/mol. The zero-order chi connectivity index (χ0) is 4.62. The maximum absolute atomic E-state index is 3.03. The Bertz CT molecular complexity index is 110. The predicted molar refractivity (Wildman–Crippen MR) is 26.2 cm³/mol. The Hall–Kier alpha value is -0.440. The van der Waals surface area contributed by atoms with E-state index in [2.05, 4.69) is 25.7 Å². The predicted octanol–water partition coefficient (Wildman–Crippen LogP) is 1.42. The van der Waals surface area contributed by atoms with Crippen molar-refractivity contribution in [2.24, 2.45) is 5.41 Å². The molecule has 1 aliphatic rings. The smallest absolute Gasteiger partial charge is 0.0367 e. The van der Waals surface area contributed by atoms with E-state index in [0.29, 0.717) is 5.41 Å². The molecule has 0 bridgehead atoms. The van der Waals surface area contributed by atoms with E-state index in [4.69, 9.17) is 0 Å². The molecular weight excluding hydrogens is 72.1 g/mol. The van der Waals surface area contributed by atoms with Crippen LogP contribution in [0, 0.1) is 17.3 Å². The molecular formula is C6H8. The molecule has 0 saturated carbocycles. The number of hydrogen-bond acceptors (Lipinski definition) is 0. The van der Waals surface area contributed by atoms with Gasteiger partial charge in [0.25, 0.3) is 0 Å². The Kier molecular flexibility index (Phi) is 0.492. The topological polar surface area (TPSA) is 0 Å². The summed E-state index contributed by atoms with van der Waals surface area (Å²) >= 11 is 0. The maximum atomic E-state index is 3.03. The molecule has 1 aliphatic carbocycles. The summed E-state index contributed by atoms with van der Waals surface area (Å²) in [5.41, 5.74) is 0.361. The first-order chi connectivity index (χ1) is 2.71. The zero-order valence-electron chi connectivity index (χ0n) is 4.21. The lowest BCUT2D eigenvalue weighted by Crippen LogP contribution is -2.12. The van der Waals surface area contributed by atoms with Gasteiger partial charge in [0.05, 0.1) is 0 Å². The SMILES string of the molecule is CC1(C)C#CC1. The summed E-state index contributed by atoms with van der Waals surface area (Å²) in [6.07, 6.45) is 1.09. The molecule has 0 heteroatoms. The van der Waals surface area contributed by atoms with Crippen molar-refractivity contribution in [2.75, 3.05) is 0 Å². The zero-order valence-corrected chi connectivity index (χ0v) is 4.21. The number of rotatable bonds is 0. The van der Waals surface area contributed by atoms with Crippen LogP contribution in [0.3, 0.4) is 0 Å². The summed E-state index contributed by atoms with van der Waals surface area (Å²) in [7, 11) is 0. The van der Waals surface area contributed by atoms with Crippen LogP contribution in [-0.2, 0) is 0 Å². The fourth-order valence-electron chi connectivity index (χ4n) is 0.442. The highest BCUT2D eigenvalue weighted by Gasteiger charge is 2.17. The van der Waals surface area contributed by atoms with Gasteiger partial charge in [-0.2, -0.15) is 0 Å². The third-order valence-corrected chi connectivity index (χ3v) is 0.957. The normalized spacial score (nSPS) is 23.7. The lowest BCUT2D eigenvalue weighted by atomic mass is 9.84. The Morgan fingerprint density at radius 3 is 1.83 bits per heavy atom. The Balaban J connectivity index is 2.67. The minimum absolute atomic E-state index is 0.361. The van der Waals surface area contributed by atoms with Gasteiger partial charge in [0.1, 0.15) is 0 Å². The summed E-state index contributed by atoms with van der Waals surface area (Å²) < 4.78 is 0. The summed E-state index contributed by atoms with van der Waals surface area (Å²) in [5.74, 6) is 5.99. The Labute approximate surface area is 38.6 Å². The fourth-order valence-corrected chi connectivity index (χ4v) is 0.442. The van der Waals surface area contributed by atoms with E-state index < -0.39 is 0 Å². The summed E-state index contributed by atoms with van der Waals surface area (Å²) in [6.45, 7) is 4.31. The highest BCUT2D eigenvalue weighted by Crippen LogP contribution is 2.23. The molecule has 0 aromatic heterocycles. The molecule has 0 amide bonds. The standard InChI is InChI=1S/C6H8/c1-6(2)4-3-5-6/h4H2,1-2H3. The van der Waals surface area contributed by atoms with E-state index in [0.717, 1.165) is 6.42 Å². The van der Waals surface area contributed by atoms with Crippen molar-refractivity contribution >= 4 is 0 Å². The first kappa shape index (κ1) is 3.74. The van der Waals surface area contributed by atoms with Crippen LogP contribution in [-0.4, -0.2) is 0 Å². The molecule has 0 heterocycles. The second-order valence-corrected chi connectivity index (χ2v) is 2.36. The average Bonchev–Trinajstić information content (AvgIpc) is 1.32. The molecule has 0 saturated heterocycles. The summed E-state index contributed by atoms with van der Waals surface area (Å²) in [6, 6.07) is 0. The van der Waals surface area contributed by atoms with Crippen LogP contribution >= 0.6 is 0 Å². The van der Waals surface area contributed by atoms with Crippen molar-refractivity contribution < 1.29 is 0 Å². The Morgan fingerprint density at radius 1 is 1.50 bits per heavy atom. The molecule has 0 nitrogen and oxygen atoms in total. The van der Waals surface area contributed by atoms with E-state index in [1.165, 1.54) is 0 Å². The van der Waals surface area contributed by atoms with Gasteiger partial charge in [0.15, 0.2) is 0 Å². The lowest BCUT2D eigenvalue weighted by Gasteiger charge is -2.19. The third-order valence-electron chi connectivity index (χ3n) is 0.957. The molecule has 0 N–H and O–H groups in total. The van der Waals surface area contributed by atoms with Gasteiger partial charge in [-0.1, -0.05) is 5.92 Å². The second kappa shape index (κ2) is 0.789. The first-order valence-corrected chi connectivity index (χ1v) is 2.21. The fraction of sp³-hybridized carbons (Fsp3) is 0.667. The van der Waals surface area contributed by atoms with Gasteiger partial charge in [-0.15, -0.1) is 5.92 Å². The third kappa shape index (κ3) is 0.408. The van der Waals surface area contributed by atoms with Crippen LogP contribution in [0.1, 0.15) is 20.3 Å². The molecule has 0 fully saturated rings. The lowest BCUT2D eigenvalue weighted by molar-refractivity contribution is 0.491. The van der Waals surface area contributed by atoms with Crippen LogP contribution in [0.15, 0.2) is 0 Å². The van der Waals surface area contributed by atoms with E-state index in [-0.39, 0.29) is 0 Å². The molecule has 0 atom stereocenters.